The van der Waals surface area contributed by atoms with Gasteiger partial charge >= 0.3 is 6.09 Å². The number of amides is 2. The number of rotatable bonds is 7. The Morgan fingerprint density at radius 1 is 1.22 bits per heavy atom. The number of ether oxygens (including phenoxy) is 1. The van der Waals surface area contributed by atoms with Crippen LogP contribution < -0.4 is 10.2 Å². The lowest BCUT2D eigenvalue weighted by Crippen LogP contribution is -2.47. The van der Waals surface area contributed by atoms with Crippen molar-refractivity contribution >= 4 is 23.6 Å². The standard InChI is InChI=1S/C23H28FN5O3/c1-23(16-29(22(31)32-23)19-7-5-18(24)6-8-19)17-9-14-28(15-10-17)20(30)4-2-11-25-21-26-12-3-13-27-21/h3,5-8,12-13,17H,2,4,9-11,14-16H2,1H3,(H,25,26,27)/t23-/m0/s1. The number of hydrogen-bond acceptors (Lipinski definition) is 6. The van der Waals surface area contributed by atoms with E-state index < -0.39 is 11.7 Å². The quantitative estimate of drug-likeness (QED) is 0.662. The molecule has 2 aliphatic heterocycles. The van der Waals surface area contributed by atoms with Crippen LogP contribution in [0.3, 0.4) is 0 Å². The zero-order valence-corrected chi connectivity index (χ0v) is 18.2. The maximum atomic E-state index is 13.2. The first-order chi connectivity index (χ1) is 15.4. The second-order valence-corrected chi connectivity index (χ2v) is 8.50. The molecule has 9 heteroatoms. The molecule has 32 heavy (non-hydrogen) atoms. The van der Waals surface area contributed by atoms with Gasteiger partial charge in [-0.15, -0.1) is 0 Å². The predicted octanol–water partition coefficient (Wildman–Crippen LogP) is 3.46. The third-order valence-corrected chi connectivity index (χ3v) is 6.28. The van der Waals surface area contributed by atoms with E-state index in [1.807, 2.05) is 11.8 Å². The molecule has 2 aliphatic rings. The molecular weight excluding hydrogens is 413 g/mol. The molecule has 0 radical (unpaired) electrons. The van der Waals surface area contributed by atoms with Crippen molar-refractivity contribution in [3.8, 4) is 0 Å². The fraction of sp³-hybridized carbons (Fsp3) is 0.478. The lowest BCUT2D eigenvalue weighted by atomic mass is 9.81. The number of nitrogens with zero attached hydrogens (tertiary/aromatic N) is 4. The van der Waals surface area contributed by atoms with Crippen LogP contribution >= 0.6 is 0 Å². The summed E-state index contributed by atoms with van der Waals surface area (Å²) in [6.07, 6.45) is 5.67. The molecule has 0 saturated carbocycles. The number of cyclic esters (lactones) is 1. The van der Waals surface area contributed by atoms with E-state index in [4.69, 9.17) is 4.74 Å². The second kappa shape index (κ2) is 9.50. The van der Waals surface area contributed by atoms with E-state index in [2.05, 4.69) is 15.3 Å². The number of carbonyl (C=O) groups is 2. The van der Waals surface area contributed by atoms with Gasteiger partial charge in [-0.05, 0) is 56.5 Å². The van der Waals surface area contributed by atoms with Gasteiger partial charge in [0.05, 0.1) is 6.54 Å². The van der Waals surface area contributed by atoms with Gasteiger partial charge in [-0.3, -0.25) is 9.69 Å². The molecule has 2 aromatic rings. The normalized spacial score (nSPS) is 21.5. The molecule has 2 amide bonds. The SMILES string of the molecule is C[C@@]1(C2CCN(C(=O)CCCNc3ncccn3)CC2)CN(c2ccc(F)cc2)C(=O)O1. The smallest absolute Gasteiger partial charge is 0.415 e. The monoisotopic (exact) mass is 441 g/mol. The van der Waals surface area contributed by atoms with Gasteiger partial charge in [-0.25, -0.2) is 19.2 Å². The Balaban J connectivity index is 1.23. The lowest BCUT2D eigenvalue weighted by molar-refractivity contribution is -0.133. The van der Waals surface area contributed by atoms with Crippen molar-refractivity contribution in [2.75, 3.05) is 36.4 Å². The van der Waals surface area contributed by atoms with Gasteiger partial charge in [0.1, 0.15) is 11.4 Å². The zero-order valence-electron chi connectivity index (χ0n) is 18.2. The molecule has 1 atom stereocenters. The Morgan fingerprint density at radius 3 is 2.59 bits per heavy atom. The Hall–Kier alpha value is -3.23. The number of aromatic nitrogens is 2. The van der Waals surface area contributed by atoms with Gasteiger partial charge in [0, 0.05) is 50.1 Å². The Kier molecular flexibility index (Phi) is 6.53. The molecule has 2 fully saturated rings. The first kappa shape index (κ1) is 22.0. The molecule has 170 valence electrons. The third kappa shape index (κ3) is 4.98. The predicted molar refractivity (Wildman–Crippen MR) is 118 cm³/mol. The summed E-state index contributed by atoms with van der Waals surface area (Å²) >= 11 is 0. The number of anilines is 2. The van der Waals surface area contributed by atoms with Gasteiger partial charge in [0.2, 0.25) is 11.9 Å². The summed E-state index contributed by atoms with van der Waals surface area (Å²) in [6, 6.07) is 7.60. The molecule has 0 bridgehead atoms. The first-order valence-corrected chi connectivity index (χ1v) is 11.0. The van der Waals surface area contributed by atoms with E-state index in [0.717, 1.165) is 12.8 Å². The van der Waals surface area contributed by atoms with Crippen LogP contribution in [0.4, 0.5) is 20.8 Å². The summed E-state index contributed by atoms with van der Waals surface area (Å²) in [6.45, 7) is 4.32. The summed E-state index contributed by atoms with van der Waals surface area (Å²) in [5.74, 6) is 0.527. The van der Waals surface area contributed by atoms with Crippen LogP contribution in [0.2, 0.25) is 0 Å². The number of halogens is 1. The minimum absolute atomic E-state index is 0.140. The maximum absolute atomic E-state index is 13.2. The molecule has 3 heterocycles. The lowest BCUT2D eigenvalue weighted by Gasteiger charge is -2.39. The van der Waals surface area contributed by atoms with E-state index in [9.17, 15) is 14.0 Å². The topological polar surface area (TPSA) is 87.7 Å². The molecular formula is C23H28FN5O3. The van der Waals surface area contributed by atoms with Gasteiger partial charge in [0.15, 0.2) is 0 Å². The number of nitrogens with one attached hydrogen (secondary N) is 1. The largest absolute Gasteiger partial charge is 0.441 e. The molecule has 1 aromatic heterocycles. The second-order valence-electron chi connectivity index (χ2n) is 8.50. The molecule has 1 aromatic carbocycles. The fourth-order valence-electron chi connectivity index (χ4n) is 4.42. The number of carbonyl (C=O) groups excluding carboxylic acids is 2. The summed E-state index contributed by atoms with van der Waals surface area (Å²) in [5, 5.41) is 3.11. The van der Waals surface area contributed by atoms with Crippen molar-refractivity contribution in [1.29, 1.82) is 0 Å². The average Bonchev–Trinajstić information content (AvgIpc) is 3.13. The Bertz CT molecular complexity index is 934. The van der Waals surface area contributed by atoms with Crippen LogP contribution in [-0.2, 0) is 9.53 Å². The molecule has 0 spiro atoms. The number of hydrogen-bond donors (Lipinski definition) is 1. The van der Waals surface area contributed by atoms with Crippen molar-refractivity contribution in [2.45, 2.75) is 38.2 Å². The molecule has 0 unspecified atom stereocenters. The average molecular weight is 442 g/mol. The molecule has 0 aliphatic carbocycles. The highest BCUT2D eigenvalue weighted by Gasteiger charge is 2.48. The summed E-state index contributed by atoms with van der Waals surface area (Å²) in [5.41, 5.74) is 0.00229. The van der Waals surface area contributed by atoms with Crippen LogP contribution in [0, 0.1) is 11.7 Å². The van der Waals surface area contributed by atoms with E-state index >= 15 is 0 Å². The van der Waals surface area contributed by atoms with Crippen LogP contribution in [0.1, 0.15) is 32.6 Å². The summed E-state index contributed by atoms with van der Waals surface area (Å²) in [4.78, 5) is 36.7. The molecule has 2 saturated heterocycles. The highest BCUT2D eigenvalue weighted by Crippen LogP contribution is 2.38. The summed E-state index contributed by atoms with van der Waals surface area (Å²) in [7, 11) is 0. The van der Waals surface area contributed by atoms with Gasteiger partial charge < -0.3 is 15.0 Å². The van der Waals surface area contributed by atoms with E-state index in [1.54, 1.807) is 35.5 Å². The summed E-state index contributed by atoms with van der Waals surface area (Å²) < 4.78 is 19.0. The first-order valence-electron chi connectivity index (χ1n) is 11.0. The fourth-order valence-corrected chi connectivity index (χ4v) is 4.42. The van der Waals surface area contributed by atoms with Crippen molar-refractivity contribution in [3.05, 3.63) is 48.5 Å². The third-order valence-electron chi connectivity index (χ3n) is 6.28. The van der Waals surface area contributed by atoms with Crippen molar-refractivity contribution in [3.63, 3.8) is 0 Å². The number of likely N-dealkylation sites (tertiary alicyclic amines) is 1. The van der Waals surface area contributed by atoms with Gasteiger partial charge in [-0.1, -0.05) is 0 Å². The minimum Gasteiger partial charge on any atom is -0.441 e. The number of piperidine rings is 1. The number of benzene rings is 1. The minimum atomic E-state index is -0.625. The molecule has 1 N–H and O–H groups in total. The maximum Gasteiger partial charge on any atom is 0.415 e. The Labute approximate surface area is 186 Å². The van der Waals surface area contributed by atoms with Gasteiger partial charge in [-0.2, -0.15) is 0 Å². The Morgan fingerprint density at radius 2 is 1.91 bits per heavy atom. The van der Waals surface area contributed by atoms with Gasteiger partial charge in [0.25, 0.3) is 0 Å². The van der Waals surface area contributed by atoms with Crippen LogP contribution in [0.5, 0.6) is 0 Å². The van der Waals surface area contributed by atoms with Crippen LogP contribution in [0.15, 0.2) is 42.7 Å². The molecule has 8 nitrogen and oxygen atoms in total. The van der Waals surface area contributed by atoms with Crippen LogP contribution in [-0.4, -0.2) is 58.6 Å². The van der Waals surface area contributed by atoms with Crippen molar-refractivity contribution in [2.24, 2.45) is 5.92 Å². The van der Waals surface area contributed by atoms with Crippen molar-refractivity contribution in [1.82, 2.24) is 14.9 Å². The van der Waals surface area contributed by atoms with E-state index in [0.29, 0.717) is 50.7 Å². The molecule has 4 rings (SSSR count). The van der Waals surface area contributed by atoms with E-state index in [-0.39, 0.29) is 17.6 Å². The highest BCUT2D eigenvalue weighted by molar-refractivity contribution is 5.90. The zero-order chi connectivity index (χ0) is 22.6. The van der Waals surface area contributed by atoms with Crippen LogP contribution in [0.25, 0.3) is 0 Å². The van der Waals surface area contributed by atoms with Crippen molar-refractivity contribution < 1.29 is 18.7 Å². The highest BCUT2D eigenvalue weighted by atomic mass is 19.1. The van der Waals surface area contributed by atoms with E-state index in [1.165, 1.54) is 12.1 Å².